The third kappa shape index (κ3) is 2.94. The van der Waals surface area contributed by atoms with Crippen molar-refractivity contribution >= 4 is 23.2 Å². The molecule has 1 nitrogen and oxygen atoms in total. The second-order valence-electron chi connectivity index (χ2n) is 4.96. The van der Waals surface area contributed by atoms with Crippen LogP contribution >= 0.6 is 23.2 Å². The fourth-order valence-corrected chi connectivity index (χ4v) is 2.93. The van der Waals surface area contributed by atoms with Crippen LogP contribution in [0.2, 0.25) is 10.0 Å². The van der Waals surface area contributed by atoms with Crippen LogP contribution in [-0.4, -0.2) is 11.4 Å². The number of hydrogen-bond donors (Lipinski definition) is 0. The number of hydrogen-bond acceptors (Lipinski definition) is 1. The molecule has 0 saturated heterocycles. The Morgan fingerprint density at radius 3 is 2.47 bits per heavy atom. The van der Waals surface area contributed by atoms with Crippen molar-refractivity contribution in [2.75, 3.05) is 6.54 Å². The zero-order valence-corrected chi connectivity index (χ0v) is 12.1. The van der Waals surface area contributed by atoms with Gasteiger partial charge in [0.1, 0.15) is 0 Å². The number of rotatable bonds is 3. The Balaban J connectivity index is 1.62. The van der Waals surface area contributed by atoms with Crippen LogP contribution in [0.5, 0.6) is 0 Å². The summed E-state index contributed by atoms with van der Waals surface area (Å²) in [5.41, 5.74) is 3.98. The molecule has 0 unspecified atom stereocenters. The largest absolute Gasteiger partial charge is 0.294 e. The van der Waals surface area contributed by atoms with Gasteiger partial charge in [0.2, 0.25) is 0 Å². The first-order valence-corrected chi connectivity index (χ1v) is 7.21. The molecule has 2 aromatic rings. The minimum Gasteiger partial charge on any atom is -0.294 e. The van der Waals surface area contributed by atoms with E-state index in [1.165, 1.54) is 16.7 Å². The first kappa shape index (κ1) is 13.0. The second kappa shape index (κ2) is 5.54. The van der Waals surface area contributed by atoms with E-state index in [2.05, 4.69) is 23.1 Å². The average Bonchev–Trinajstić information content (AvgIpc) is 2.83. The lowest BCUT2D eigenvalue weighted by Gasteiger charge is -2.14. The van der Waals surface area contributed by atoms with Gasteiger partial charge < -0.3 is 0 Å². The summed E-state index contributed by atoms with van der Waals surface area (Å²) in [5.74, 6) is 0. The van der Waals surface area contributed by atoms with E-state index in [1.807, 2.05) is 24.3 Å². The number of halogens is 2. The summed E-state index contributed by atoms with van der Waals surface area (Å²) in [4.78, 5) is 2.44. The van der Waals surface area contributed by atoms with Crippen LogP contribution in [0.15, 0.2) is 42.5 Å². The maximum Gasteiger partial charge on any atom is 0.0454 e. The normalized spacial score (nSPS) is 14.6. The summed E-state index contributed by atoms with van der Waals surface area (Å²) in [6, 6.07) is 14.3. The van der Waals surface area contributed by atoms with E-state index in [4.69, 9.17) is 23.2 Å². The molecule has 0 radical (unpaired) electrons. The van der Waals surface area contributed by atoms with Gasteiger partial charge in [0.25, 0.3) is 0 Å². The van der Waals surface area contributed by atoms with Gasteiger partial charge >= 0.3 is 0 Å². The molecular weight excluding hydrogens is 277 g/mol. The number of benzene rings is 2. The third-order valence-corrected chi connectivity index (χ3v) is 4.23. The fourth-order valence-electron chi connectivity index (χ4n) is 2.55. The van der Waals surface area contributed by atoms with Crippen molar-refractivity contribution in [1.29, 1.82) is 0 Å². The van der Waals surface area contributed by atoms with Gasteiger partial charge in [-0.05, 0) is 41.3 Å². The van der Waals surface area contributed by atoms with Crippen LogP contribution in [0.1, 0.15) is 16.7 Å². The van der Waals surface area contributed by atoms with Gasteiger partial charge in [0, 0.05) is 29.7 Å². The Bertz CT molecular complexity index is 578. The van der Waals surface area contributed by atoms with Crippen LogP contribution in [0.3, 0.4) is 0 Å². The zero-order chi connectivity index (χ0) is 13.2. The lowest BCUT2D eigenvalue weighted by atomic mass is 10.1. The Morgan fingerprint density at radius 2 is 1.74 bits per heavy atom. The Kier molecular flexibility index (Phi) is 3.79. The molecule has 0 aliphatic carbocycles. The Labute approximate surface area is 123 Å². The van der Waals surface area contributed by atoms with Crippen LogP contribution < -0.4 is 0 Å². The minimum atomic E-state index is 0.795. The molecule has 1 aliphatic heterocycles. The minimum absolute atomic E-state index is 0.795. The lowest BCUT2D eigenvalue weighted by molar-refractivity contribution is 0.288. The van der Waals surface area contributed by atoms with Crippen LogP contribution in [0.4, 0.5) is 0 Å². The summed E-state index contributed by atoms with van der Waals surface area (Å²) in [6.07, 6.45) is 1.04. The molecule has 0 amide bonds. The van der Waals surface area contributed by atoms with Crippen LogP contribution in [0.25, 0.3) is 0 Å². The highest BCUT2D eigenvalue weighted by Gasteiger charge is 2.20. The smallest absolute Gasteiger partial charge is 0.0454 e. The van der Waals surface area contributed by atoms with Gasteiger partial charge in [-0.2, -0.15) is 0 Å². The first-order chi connectivity index (χ1) is 9.22. The maximum atomic E-state index is 6.23. The number of fused-ring (bicyclic) bond motifs is 1. The van der Waals surface area contributed by atoms with Crippen molar-refractivity contribution in [1.82, 2.24) is 4.90 Å². The van der Waals surface area contributed by atoms with Crippen LogP contribution in [0, 0.1) is 0 Å². The molecular formula is C16H15Cl2N. The van der Waals surface area contributed by atoms with E-state index >= 15 is 0 Å². The van der Waals surface area contributed by atoms with Crippen molar-refractivity contribution < 1.29 is 0 Å². The van der Waals surface area contributed by atoms with Crippen molar-refractivity contribution in [3.63, 3.8) is 0 Å². The van der Waals surface area contributed by atoms with Crippen LogP contribution in [-0.2, 0) is 19.5 Å². The van der Waals surface area contributed by atoms with Gasteiger partial charge in [0.05, 0.1) is 0 Å². The van der Waals surface area contributed by atoms with Crippen molar-refractivity contribution in [2.24, 2.45) is 0 Å². The monoisotopic (exact) mass is 291 g/mol. The van der Waals surface area contributed by atoms with Crippen molar-refractivity contribution in [3.8, 4) is 0 Å². The maximum absolute atomic E-state index is 6.23. The zero-order valence-electron chi connectivity index (χ0n) is 10.6. The molecule has 1 heterocycles. The Hall–Kier alpha value is -1.02. The van der Waals surface area contributed by atoms with E-state index in [0.717, 1.165) is 36.1 Å². The molecule has 98 valence electrons. The van der Waals surface area contributed by atoms with Gasteiger partial charge in [-0.25, -0.2) is 0 Å². The van der Waals surface area contributed by atoms with Gasteiger partial charge in [-0.1, -0.05) is 47.5 Å². The SMILES string of the molecule is Clc1ccc(CCN2Cc3cccc(Cl)c3C2)cc1. The van der Waals surface area contributed by atoms with Gasteiger partial charge in [-0.3, -0.25) is 4.90 Å². The lowest BCUT2D eigenvalue weighted by Crippen LogP contribution is -2.19. The van der Waals surface area contributed by atoms with E-state index in [9.17, 15) is 0 Å². The molecule has 0 N–H and O–H groups in total. The summed E-state index contributed by atoms with van der Waals surface area (Å²) in [7, 11) is 0. The predicted molar refractivity (Wildman–Crippen MR) is 80.7 cm³/mol. The molecule has 0 bridgehead atoms. The van der Waals surface area contributed by atoms with Crippen molar-refractivity contribution in [3.05, 3.63) is 69.2 Å². The predicted octanol–water partition coefficient (Wildman–Crippen LogP) is 4.55. The average molecular weight is 292 g/mol. The number of nitrogens with zero attached hydrogens (tertiary/aromatic N) is 1. The molecule has 0 atom stereocenters. The highest BCUT2D eigenvalue weighted by molar-refractivity contribution is 6.31. The van der Waals surface area contributed by atoms with Gasteiger partial charge in [-0.15, -0.1) is 0 Å². The summed E-state index contributed by atoms with van der Waals surface area (Å²) in [6.45, 7) is 3.01. The molecule has 19 heavy (non-hydrogen) atoms. The summed E-state index contributed by atoms with van der Waals surface area (Å²) in [5, 5.41) is 1.69. The molecule has 3 rings (SSSR count). The highest BCUT2D eigenvalue weighted by atomic mass is 35.5. The molecule has 2 aromatic carbocycles. The fraction of sp³-hybridized carbons (Fsp3) is 0.250. The van der Waals surface area contributed by atoms with E-state index in [-0.39, 0.29) is 0 Å². The molecule has 0 spiro atoms. The van der Waals surface area contributed by atoms with Gasteiger partial charge in [0.15, 0.2) is 0 Å². The molecule has 0 aromatic heterocycles. The standard InChI is InChI=1S/C16H15Cl2N/c17-14-6-4-12(5-7-14)8-9-19-10-13-2-1-3-16(18)15(13)11-19/h1-7H,8-11H2. The van der Waals surface area contributed by atoms with Crippen molar-refractivity contribution in [2.45, 2.75) is 19.5 Å². The molecule has 1 aliphatic rings. The topological polar surface area (TPSA) is 3.24 Å². The third-order valence-electron chi connectivity index (χ3n) is 3.62. The molecule has 0 fully saturated rings. The Morgan fingerprint density at radius 1 is 0.947 bits per heavy atom. The summed E-state index contributed by atoms with van der Waals surface area (Å²) >= 11 is 12.1. The summed E-state index contributed by atoms with van der Waals surface area (Å²) < 4.78 is 0. The highest BCUT2D eigenvalue weighted by Crippen LogP contribution is 2.28. The molecule has 3 heteroatoms. The van der Waals surface area contributed by atoms with E-state index < -0.39 is 0 Å². The van der Waals surface area contributed by atoms with E-state index in [1.54, 1.807) is 0 Å². The molecule has 0 saturated carbocycles. The quantitative estimate of drug-likeness (QED) is 0.802. The second-order valence-corrected chi connectivity index (χ2v) is 5.81. The van der Waals surface area contributed by atoms with E-state index in [0.29, 0.717) is 0 Å². The first-order valence-electron chi connectivity index (χ1n) is 6.45.